The maximum absolute atomic E-state index is 12.3. The standard InChI is InChI=1S/C21H19BrO5/c1-4-26-20-17(22)10-13(11-19(20)25-3)9-15-12-18(27-21(15)23)14-5-7-16(24-2)8-6-14/h5-12H,4H2,1-3H3/b15-9+. The number of cyclic esters (lactones) is 1. The van der Waals surface area contributed by atoms with E-state index in [1.165, 1.54) is 0 Å². The van der Waals surface area contributed by atoms with E-state index in [1.807, 2.05) is 43.3 Å². The van der Waals surface area contributed by atoms with Gasteiger partial charge in [0.15, 0.2) is 11.5 Å². The second kappa shape index (κ2) is 8.31. The van der Waals surface area contributed by atoms with Gasteiger partial charge in [0.25, 0.3) is 0 Å². The number of benzene rings is 2. The predicted octanol–water partition coefficient (Wildman–Crippen LogP) is 4.85. The number of esters is 1. The van der Waals surface area contributed by atoms with Crippen LogP contribution in [0.2, 0.25) is 0 Å². The van der Waals surface area contributed by atoms with Crippen molar-refractivity contribution in [3.63, 3.8) is 0 Å². The lowest BCUT2D eigenvalue weighted by Gasteiger charge is -2.12. The van der Waals surface area contributed by atoms with Crippen LogP contribution in [0, 0.1) is 0 Å². The molecule has 0 spiro atoms. The van der Waals surface area contributed by atoms with Gasteiger partial charge in [-0.2, -0.15) is 0 Å². The van der Waals surface area contributed by atoms with Gasteiger partial charge in [0.1, 0.15) is 11.5 Å². The van der Waals surface area contributed by atoms with E-state index in [4.69, 9.17) is 18.9 Å². The first-order valence-corrected chi connectivity index (χ1v) is 9.15. The number of hydrogen-bond donors (Lipinski definition) is 0. The first-order valence-electron chi connectivity index (χ1n) is 8.36. The number of rotatable bonds is 6. The van der Waals surface area contributed by atoms with Crippen LogP contribution in [0.1, 0.15) is 18.1 Å². The van der Waals surface area contributed by atoms with Crippen molar-refractivity contribution in [3.05, 3.63) is 63.6 Å². The summed E-state index contributed by atoms with van der Waals surface area (Å²) >= 11 is 3.49. The second-order valence-electron chi connectivity index (χ2n) is 5.69. The molecule has 3 rings (SSSR count). The fourth-order valence-corrected chi connectivity index (χ4v) is 3.25. The summed E-state index contributed by atoms with van der Waals surface area (Å²) in [4.78, 5) is 12.3. The molecule has 0 N–H and O–H groups in total. The van der Waals surface area contributed by atoms with Crippen LogP contribution >= 0.6 is 15.9 Å². The highest BCUT2D eigenvalue weighted by atomic mass is 79.9. The van der Waals surface area contributed by atoms with Crippen molar-refractivity contribution in [2.45, 2.75) is 6.92 Å². The molecule has 0 bridgehead atoms. The number of ether oxygens (including phenoxy) is 4. The average molecular weight is 431 g/mol. The van der Waals surface area contributed by atoms with Crippen molar-refractivity contribution < 1.29 is 23.7 Å². The third-order valence-electron chi connectivity index (χ3n) is 3.96. The summed E-state index contributed by atoms with van der Waals surface area (Å²) in [6, 6.07) is 11.0. The Bertz CT molecular complexity index is 913. The summed E-state index contributed by atoms with van der Waals surface area (Å²) in [6.45, 7) is 2.43. The van der Waals surface area contributed by atoms with Gasteiger partial charge in [0.2, 0.25) is 0 Å². The molecule has 5 nitrogen and oxygen atoms in total. The Morgan fingerprint density at radius 1 is 1.11 bits per heavy atom. The van der Waals surface area contributed by atoms with Gasteiger partial charge in [-0.05, 0) is 77.0 Å². The van der Waals surface area contributed by atoms with Crippen molar-refractivity contribution in [3.8, 4) is 17.2 Å². The number of methoxy groups -OCH3 is 2. The minimum absolute atomic E-state index is 0.398. The molecule has 140 valence electrons. The van der Waals surface area contributed by atoms with E-state index >= 15 is 0 Å². The Balaban J connectivity index is 1.93. The Labute approximate surface area is 166 Å². The molecule has 0 aliphatic carbocycles. The van der Waals surface area contributed by atoms with E-state index in [-0.39, 0.29) is 0 Å². The lowest BCUT2D eigenvalue weighted by molar-refractivity contribution is -0.130. The van der Waals surface area contributed by atoms with Crippen LogP contribution in [0.4, 0.5) is 0 Å². The highest BCUT2D eigenvalue weighted by Gasteiger charge is 2.22. The molecule has 0 saturated heterocycles. The minimum atomic E-state index is -0.398. The molecule has 27 heavy (non-hydrogen) atoms. The summed E-state index contributed by atoms with van der Waals surface area (Å²) in [6.07, 6.45) is 3.48. The molecule has 0 amide bonds. The molecular weight excluding hydrogens is 412 g/mol. The van der Waals surface area contributed by atoms with Gasteiger partial charge >= 0.3 is 5.97 Å². The molecule has 0 fully saturated rings. The van der Waals surface area contributed by atoms with E-state index < -0.39 is 5.97 Å². The minimum Gasteiger partial charge on any atom is -0.497 e. The van der Waals surface area contributed by atoms with E-state index in [0.29, 0.717) is 29.4 Å². The maximum Gasteiger partial charge on any atom is 0.343 e. The molecule has 0 atom stereocenters. The first-order chi connectivity index (χ1) is 13.0. The second-order valence-corrected chi connectivity index (χ2v) is 6.55. The van der Waals surface area contributed by atoms with Gasteiger partial charge in [-0.25, -0.2) is 4.79 Å². The van der Waals surface area contributed by atoms with Gasteiger partial charge in [-0.3, -0.25) is 0 Å². The zero-order chi connectivity index (χ0) is 19.4. The zero-order valence-electron chi connectivity index (χ0n) is 15.2. The van der Waals surface area contributed by atoms with Gasteiger partial charge in [-0.15, -0.1) is 0 Å². The zero-order valence-corrected chi connectivity index (χ0v) is 16.8. The molecule has 1 aliphatic heterocycles. The molecular formula is C21H19BrO5. The van der Waals surface area contributed by atoms with Crippen LogP contribution in [-0.2, 0) is 9.53 Å². The SMILES string of the molecule is CCOc1c(Br)cc(/C=C2\C=C(c3ccc(OC)cc3)OC2=O)cc1OC. The number of carbonyl (C=O) groups is 1. The number of hydrogen-bond acceptors (Lipinski definition) is 5. The lowest BCUT2D eigenvalue weighted by Crippen LogP contribution is -1.98. The Morgan fingerprint density at radius 2 is 1.85 bits per heavy atom. The van der Waals surface area contributed by atoms with Crippen molar-refractivity contribution in [1.29, 1.82) is 0 Å². The highest BCUT2D eigenvalue weighted by Crippen LogP contribution is 2.38. The molecule has 1 aliphatic rings. The summed E-state index contributed by atoms with van der Waals surface area (Å²) in [5.41, 5.74) is 2.05. The average Bonchev–Trinajstić information content (AvgIpc) is 3.04. The van der Waals surface area contributed by atoms with E-state index in [2.05, 4.69) is 15.9 Å². The van der Waals surface area contributed by atoms with E-state index in [0.717, 1.165) is 21.3 Å². The summed E-state index contributed by atoms with van der Waals surface area (Å²) < 4.78 is 22.3. The molecule has 2 aromatic rings. The monoisotopic (exact) mass is 430 g/mol. The normalized spacial score (nSPS) is 14.7. The molecule has 0 unspecified atom stereocenters. The Hall–Kier alpha value is -2.73. The van der Waals surface area contributed by atoms with E-state index in [1.54, 1.807) is 26.4 Å². The molecule has 0 radical (unpaired) electrons. The van der Waals surface area contributed by atoms with Crippen LogP contribution < -0.4 is 14.2 Å². The molecule has 0 aromatic heterocycles. The largest absolute Gasteiger partial charge is 0.497 e. The van der Waals surface area contributed by atoms with Crippen molar-refractivity contribution in [1.82, 2.24) is 0 Å². The number of carbonyl (C=O) groups excluding carboxylic acids is 1. The van der Waals surface area contributed by atoms with Crippen molar-refractivity contribution in [2.75, 3.05) is 20.8 Å². The topological polar surface area (TPSA) is 54.0 Å². The fourth-order valence-electron chi connectivity index (χ4n) is 2.67. The Morgan fingerprint density at radius 3 is 2.48 bits per heavy atom. The van der Waals surface area contributed by atoms with Crippen LogP contribution in [0.3, 0.4) is 0 Å². The molecule has 0 saturated carbocycles. The number of halogens is 1. The fraction of sp³-hybridized carbons (Fsp3) is 0.190. The Kier molecular flexibility index (Phi) is 5.86. The first kappa shape index (κ1) is 19.0. The third-order valence-corrected chi connectivity index (χ3v) is 4.55. The van der Waals surface area contributed by atoms with Crippen LogP contribution in [0.5, 0.6) is 17.2 Å². The summed E-state index contributed by atoms with van der Waals surface area (Å²) in [7, 11) is 3.18. The van der Waals surface area contributed by atoms with Gasteiger partial charge in [0.05, 0.1) is 30.9 Å². The van der Waals surface area contributed by atoms with Gasteiger partial charge < -0.3 is 18.9 Å². The van der Waals surface area contributed by atoms with Crippen LogP contribution in [-0.4, -0.2) is 26.8 Å². The summed E-state index contributed by atoms with van der Waals surface area (Å²) in [5.74, 6) is 2.07. The highest BCUT2D eigenvalue weighted by molar-refractivity contribution is 9.10. The quantitative estimate of drug-likeness (QED) is 0.484. The van der Waals surface area contributed by atoms with E-state index in [9.17, 15) is 4.79 Å². The predicted molar refractivity (Wildman–Crippen MR) is 107 cm³/mol. The van der Waals surface area contributed by atoms with Crippen molar-refractivity contribution >= 4 is 33.7 Å². The molecule has 6 heteroatoms. The van der Waals surface area contributed by atoms with Gasteiger partial charge in [0, 0.05) is 5.56 Å². The smallest absolute Gasteiger partial charge is 0.343 e. The third kappa shape index (κ3) is 4.17. The maximum atomic E-state index is 12.3. The lowest BCUT2D eigenvalue weighted by atomic mass is 10.1. The van der Waals surface area contributed by atoms with Crippen LogP contribution in [0.15, 0.2) is 52.5 Å². The van der Waals surface area contributed by atoms with Crippen LogP contribution in [0.25, 0.3) is 11.8 Å². The van der Waals surface area contributed by atoms with Crippen molar-refractivity contribution in [2.24, 2.45) is 0 Å². The molecule has 1 heterocycles. The molecule has 2 aromatic carbocycles. The summed E-state index contributed by atoms with van der Waals surface area (Å²) in [5, 5.41) is 0. The van der Waals surface area contributed by atoms with Gasteiger partial charge in [-0.1, -0.05) is 0 Å².